The Morgan fingerprint density at radius 3 is 2.48 bits per heavy atom. The van der Waals surface area contributed by atoms with Gasteiger partial charge in [-0.3, -0.25) is 0 Å². The number of nitrogens with zero attached hydrogens (tertiary/aromatic N) is 1. The maximum atomic E-state index is 13.7. The van der Waals surface area contributed by atoms with E-state index in [1.807, 2.05) is 30.1 Å². The quantitative estimate of drug-likeness (QED) is 0.751. The van der Waals surface area contributed by atoms with Gasteiger partial charge in [0.2, 0.25) is 0 Å². The summed E-state index contributed by atoms with van der Waals surface area (Å²) in [7, 11) is 1.86. The Labute approximate surface area is 143 Å². The largest absolute Gasteiger partial charge is 0.348 e. The summed E-state index contributed by atoms with van der Waals surface area (Å²) in [5, 5.41) is 3.78. The van der Waals surface area contributed by atoms with E-state index in [0.717, 1.165) is 12.1 Å². The van der Waals surface area contributed by atoms with E-state index in [2.05, 4.69) is 24.4 Å². The highest BCUT2D eigenvalue weighted by Crippen LogP contribution is 2.14. The lowest BCUT2D eigenvalue weighted by Crippen LogP contribution is -2.30. The second-order valence-electron chi connectivity index (χ2n) is 5.68. The van der Waals surface area contributed by atoms with E-state index in [0.29, 0.717) is 17.2 Å². The molecule has 0 radical (unpaired) electrons. The molecule has 1 N–H and O–H groups in total. The fourth-order valence-corrected chi connectivity index (χ4v) is 2.49. The van der Waals surface area contributed by atoms with E-state index < -0.39 is 0 Å². The molecule has 0 unspecified atom stereocenters. The van der Waals surface area contributed by atoms with Gasteiger partial charge in [-0.15, -0.1) is 0 Å². The topological polar surface area (TPSA) is 15.3 Å². The van der Waals surface area contributed by atoms with Gasteiger partial charge < -0.3 is 10.2 Å². The molecule has 0 aliphatic rings. The average Bonchev–Trinajstić information content (AvgIpc) is 2.56. The summed E-state index contributed by atoms with van der Waals surface area (Å²) in [4.78, 5) is 1.83. The molecule has 2 aromatic rings. The van der Waals surface area contributed by atoms with Crippen molar-refractivity contribution in [1.82, 2.24) is 4.90 Å². The smallest absolute Gasteiger partial charge is 0.173 e. The first-order chi connectivity index (χ1) is 11.1. The summed E-state index contributed by atoms with van der Waals surface area (Å²) in [6, 6.07) is 15.1. The van der Waals surface area contributed by atoms with Crippen molar-refractivity contribution in [1.29, 1.82) is 0 Å². The molecule has 0 fully saturated rings. The monoisotopic (exact) mass is 330 g/mol. The zero-order valence-corrected chi connectivity index (χ0v) is 14.5. The Kier molecular flexibility index (Phi) is 6.53. The van der Waals surface area contributed by atoms with Gasteiger partial charge in [-0.05, 0) is 48.8 Å². The third kappa shape index (κ3) is 5.32. The zero-order chi connectivity index (χ0) is 16.7. The molecule has 2 nitrogen and oxygen atoms in total. The minimum Gasteiger partial charge on any atom is -0.348 e. The molecular weight excluding hydrogens is 307 g/mol. The Morgan fingerprint density at radius 2 is 1.83 bits per heavy atom. The molecule has 0 aromatic heterocycles. The van der Waals surface area contributed by atoms with Crippen molar-refractivity contribution in [2.24, 2.45) is 0 Å². The second kappa shape index (κ2) is 8.63. The van der Waals surface area contributed by atoms with Gasteiger partial charge in [0.15, 0.2) is 5.11 Å². The molecule has 23 heavy (non-hydrogen) atoms. The summed E-state index contributed by atoms with van der Waals surface area (Å²) in [5.74, 6) is -0.206. The molecule has 0 atom stereocenters. The summed E-state index contributed by atoms with van der Waals surface area (Å²) < 4.78 is 13.7. The van der Waals surface area contributed by atoms with Gasteiger partial charge in [-0.2, -0.15) is 0 Å². The number of hydrogen-bond donors (Lipinski definition) is 1. The number of rotatable bonds is 6. The molecule has 2 rings (SSSR count). The standard InChI is InChI=1S/C19H23FN2S/c1-3-4-7-15-10-12-17(13-11-15)21-19(23)22(2)14-16-8-5-6-9-18(16)20/h5-6,8-13H,3-4,7,14H2,1-2H3,(H,21,23). The number of hydrogen-bond acceptors (Lipinski definition) is 1. The Hall–Kier alpha value is -1.94. The summed E-state index contributed by atoms with van der Waals surface area (Å²) in [6.45, 7) is 2.63. The number of nitrogens with one attached hydrogen (secondary N) is 1. The van der Waals surface area contributed by atoms with E-state index in [1.54, 1.807) is 12.1 Å². The van der Waals surface area contributed by atoms with Gasteiger partial charge >= 0.3 is 0 Å². The molecule has 0 spiro atoms. The number of anilines is 1. The molecular formula is C19H23FN2S. The van der Waals surface area contributed by atoms with Crippen molar-refractivity contribution in [2.75, 3.05) is 12.4 Å². The van der Waals surface area contributed by atoms with Crippen LogP contribution >= 0.6 is 12.2 Å². The predicted octanol–water partition coefficient (Wildman–Crippen LogP) is 5.00. The van der Waals surface area contributed by atoms with Gasteiger partial charge in [-0.1, -0.05) is 43.7 Å². The van der Waals surface area contributed by atoms with E-state index in [9.17, 15) is 4.39 Å². The molecule has 0 amide bonds. The number of halogens is 1. The van der Waals surface area contributed by atoms with Crippen molar-refractivity contribution < 1.29 is 4.39 Å². The van der Waals surface area contributed by atoms with Gasteiger partial charge in [0.25, 0.3) is 0 Å². The van der Waals surface area contributed by atoms with Gasteiger partial charge in [-0.25, -0.2) is 4.39 Å². The summed E-state index contributed by atoms with van der Waals surface area (Å²) in [5.41, 5.74) is 2.92. The lowest BCUT2D eigenvalue weighted by Gasteiger charge is -2.21. The minimum absolute atomic E-state index is 0.206. The van der Waals surface area contributed by atoms with Gasteiger partial charge in [0.05, 0.1) is 0 Å². The van der Waals surface area contributed by atoms with Crippen LogP contribution in [0.4, 0.5) is 10.1 Å². The van der Waals surface area contributed by atoms with Crippen LogP contribution < -0.4 is 5.32 Å². The Morgan fingerprint density at radius 1 is 1.13 bits per heavy atom. The molecule has 0 aliphatic heterocycles. The van der Waals surface area contributed by atoms with Crippen LogP contribution in [0.2, 0.25) is 0 Å². The van der Waals surface area contributed by atoms with Crippen LogP contribution in [0.15, 0.2) is 48.5 Å². The highest BCUT2D eigenvalue weighted by atomic mass is 32.1. The number of thiocarbonyl (C=S) groups is 1. The van der Waals surface area contributed by atoms with Crippen molar-refractivity contribution in [3.63, 3.8) is 0 Å². The third-order valence-corrected chi connectivity index (χ3v) is 4.15. The van der Waals surface area contributed by atoms with E-state index in [-0.39, 0.29) is 5.82 Å². The van der Waals surface area contributed by atoms with Crippen LogP contribution in [-0.4, -0.2) is 17.1 Å². The van der Waals surface area contributed by atoms with Crippen molar-refractivity contribution in [3.8, 4) is 0 Å². The zero-order valence-electron chi connectivity index (χ0n) is 13.7. The maximum absolute atomic E-state index is 13.7. The molecule has 0 heterocycles. The fourth-order valence-electron chi connectivity index (χ4n) is 2.31. The number of benzene rings is 2. The molecule has 2 aromatic carbocycles. The summed E-state index contributed by atoms with van der Waals surface area (Å²) in [6.07, 6.45) is 3.51. The molecule has 0 aliphatic carbocycles. The Bertz CT molecular complexity index is 640. The van der Waals surface area contributed by atoms with Crippen molar-refractivity contribution in [3.05, 3.63) is 65.5 Å². The van der Waals surface area contributed by atoms with E-state index >= 15 is 0 Å². The highest BCUT2D eigenvalue weighted by Gasteiger charge is 2.08. The molecule has 122 valence electrons. The lowest BCUT2D eigenvalue weighted by molar-refractivity contribution is 0.486. The minimum atomic E-state index is -0.206. The van der Waals surface area contributed by atoms with E-state index in [4.69, 9.17) is 12.2 Å². The predicted molar refractivity (Wildman–Crippen MR) is 99.1 cm³/mol. The number of aryl methyl sites for hydroxylation is 1. The molecule has 0 saturated heterocycles. The average molecular weight is 330 g/mol. The first-order valence-electron chi connectivity index (χ1n) is 7.94. The van der Waals surface area contributed by atoms with Crippen LogP contribution in [0.25, 0.3) is 0 Å². The molecule has 4 heteroatoms. The Balaban J connectivity index is 1.91. The van der Waals surface area contributed by atoms with Crippen LogP contribution in [-0.2, 0) is 13.0 Å². The maximum Gasteiger partial charge on any atom is 0.173 e. The molecule has 0 saturated carbocycles. The van der Waals surface area contributed by atoms with Crippen LogP contribution in [0.3, 0.4) is 0 Å². The third-order valence-electron chi connectivity index (χ3n) is 3.74. The van der Waals surface area contributed by atoms with Crippen molar-refractivity contribution in [2.45, 2.75) is 32.7 Å². The molecule has 0 bridgehead atoms. The van der Waals surface area contributed by atoms with Gasteiger partial charge in [0, 0.05) is 24.8 Å². The van der Waals surface area contributed by atoms with Crippen molar-refractivity contribution >= 4 is 23.0 Å². The SMILES string of the molecule is CCCCc1ccc(NC(=S)N(C)Cc2ccccc2F)cc1. The second-order valence-corrected chi connectivity index (χ2v) is 6.06. The first-order valence-corrected chi connectivity index (χ1v) is 8.35. The normalized spacial score (nSPS) is 10.4. The van der Waals surface area contributed by atoms with Gasteiger partial charge in [0.1, 0.15) is 5.82 Å². The highest BCUT2D eigenvalue weighted by molar-refractivity contribution is 7.80. The number of unbranched alkanes of at least 4 members (excludes halogenated alkanes) is 1. The lowest BCUT2D eigenvalue weighted by atomic mass is 10.1. The van der Waals surface area contributed by atoms with Crippen LogP contribution in [0.5, 0.6) is 0 Å². The fraction of sp³-hybridized carbons (Fsp3) is 0.316. The first kappa shape index (κ1) is 17.4. The van der Waals surface area contributed by atoms with Crippen LogP contribution in [0.1, 0.15) is 30.9 Å². The van der Waals surface area contributed by atoms with Crippen LogP contribution in [0, 0.1) is 5.82 Å². The summed E-state index contributed by atoms with van der Waals surface area (Å²) >= 11 is 5.40. The van der Waals surface area contributed by atoms with E-state index in [1.165, 1.54) is 24.5 Å².